The Kier molecular flexibility index (Phi) is 5.09. The molecule has 1 unspecified atom stereocenters. The summed E-state index contributed by atoms with van der Waals surface area (Å²) in [4.78, 5) is 17.6. The van der Waals surface area contributed by atoms with Crippen molar-refractivity contribution in [3.63, 3.8) is 0 Å². The van der Waals surface area contributed by atoms with E-state index in [0.717, 1.165) is 10.6 Å². The Morgan fingerprint density at radius 3 is 2.30 bits per heavy atom. The number of hydrogen-bond acceptors (Lipinski definition) is 4. The third-order valence-electron chi connectivity index (χ3n) is 3.66. The average molecular weight is 332 g/mol. The van der Waals surface area contributed by atoms with Gasteiger partial charge in [0.1, 0.15) is 5.75 Å². The highest BCUT2D eigenvalue weighted by atomic mass is 32.1. The first-order valence-electron chi connectivity index (χ1n) is 7.69. The molecule has 0 bridgehead atoms. The van der Waals surface area contributed by atoms with E-state index in [-0.39, 0.29) is 11.3 Å². The van der Waals surface area contributed by atoms with E-state index >= 15 is 0 Å². The van der Waals surface area contributed by atoms with Crippen molar-refractivity contribution in [2.24, 2.45) is 0 Å². The molecule has 0 aliphatic carbocycles. The molecule has 4 nitrogen and oxygen atoms in total. The molecular formula is C18H24N2O2S. The van der Waals surface area contributed by atoms with Gasteiger partial charge < -0.3 is 4.74 Å². The molecule has 124 valence electrons. The van der Waals surface area contributed by atoms with Crippen molar-refractivity contribution in [2.75, 3.05) is 5.32 Å². The highest BCUT2D eigenvalue weighted by Gasteiger charge is 2.18. The number of aryl methyl sites for hydroxylation is 2. The lowest BCUT2D eigenvalue weighted by Gasteiger charge is -2.20. The number of nitrogens with one attached hydrogen (secondary N) is 1. The van der Waals surface area contributed by atoms with Gasteiger partial charge in [-0.1, -0.05) is 32.9 Å². The van der Waals surface area contributed by atoms with E-state index in [1.165, 1.54) is 16.9 Å². The van der Waals surface area contributed by atoms with E-state index in [1.54, 1.807) is 6.92 Å². The molecule has 1 aromatic heterocycles. The zero-order valence-corrected chi connectivity index (χ0v) is 15.4. The maximum Gasteiger partial charge on any atom is 0.266 e. The number of anilines is 1. The van der Waals surface area contributed by atoms with Crippen LogP contribution in [0.15, 0.2) is 24.3 Å². The molecular weight excluding hydrogens is 308 g/mol. The lowest BCUT2D eigenvalue weighted by molar-refractivity contribution is -0.122. The summed E-state index contributed by atoms with van der Waals surface area (Å²) in [6.45, 7) is 12.1. The Morgan fingerprint density at radius 2 is 1.83 bits per heavy atom. The van der Waals surface area contributed by atoms with Gasteiger partial charge in [0, 0.05) is 4.88 Å². The molecule has 0 saturated carbocycles. The van der Waals surface area contributed by atoms with Crippen LogP contribution < -0.4 is 10.1 Å². The van der Waals surface area contributed by atoms with Crippen molar-refractivity contribution in [3.05, 3.63) is 40.4 Å². The third kappa shape index (κ3) is 4.55. The van der Waals surface area contributed by atoms with Gasteiger partial charge >= 0.3 is 0 Å². The van der Waals surface area contributed by atoms with E-state index in [2.05, 4.69) is 31.1 Å². The Bertz CT molecular complexity index is 665. The highest BCUT2D eigenvalue weighted by Crippen LogP contribution is 2.25. The molecule has 2 aromatic rings. The van der Waals surface area contributed by atoms with Crippen LogP contribution in [0.3, 0.4) is 0 Å². The molecule has 0 spiro atoms. The van der Waals surface area contributed by atoms with Gasteiger partial charge in [-0.2, -0.15) is 0 Å². The Labute approximate surface area is 141 Å². The van der Waals surface area contributed by atoms with Crippen molar-refractivity contribution >= 4 is 22.4 Å². The first-order valence-corrected chi connectivity index (χ1v) is 8.50. The first-order chi connectivity index (χ1) is 10.7. The summed E-state index contributed by atoms with van der Waals surface area (Å²) in [6.07, 6.45) is -0.583. The summed E-state index contributed by atoms with van der Waals surface area (Å²) in [5.74, 6) is 0.491. The van der Waals surface area contributed by atoms with Gasteiger partial charge in [0.25, 0.3) is 5.91 Å². The summed E-state index contributed by atoms with van der Waals surface area (Å²) < 4.78 is 5.72. The smallest absolute Gasteiger partial charge is 0.266 e. The second-order valence-electron chi connectivity index (χ2n) is 6.68. The van der Waals surface area contributed by atoms with E-state index in [9.17, 15) is 4.79 Å². The van der Waals surface area contributed by atoms with Crippen molar-refractivity contribution in [2.45, 2.75) is 53.1 Å². The molecule has 1 atom stereocenters. The predicted molar refractivity (Wildman–Crippen MR) is 95.4 cm³/mol. The number of rotatable bonds is 4. The molecule has 1 heterocycles. The molecule has 1 N–H and O–H groups in total. The van der Waals surface area contributed by atoms with Crippen LogP contribution in [0.2, 0.25) is 0 Å². The van der Waals surface area contributed by atoms with Crippen molar-refractivity contribution in [3.8, 4) is 5.75 Å². The van der Waals surface area contributed by atoms with Crippen LogP contribution in [0.25, 0.3) is 0 Å². The fourth-order valence-electron chi connectivity index (χ4n) is 2.02. The van der Waals surface area contributed by atoms with Crippen molar-refractivity contribution < 1.29 is 9.53 Å². The fraction of sp³-hybridized carbons (Fsp3) is 0.444. The zero-order chi connectivity index (χ0) is 17.2. The Morgan fingerprint density at radius 1 is 1.22 bits per heavy atom. The van der Waals surface area contributed by atoms with Crippen molar-refractivity contribution in [1.82, 2.24) is 4.98 Å². The summed E-state index contributed by atoms with van der Waals surface area (Å²) >= 11 is 1.47. The number of thiazole rings is 1. The number of carbonyl (C=O) groups is 1. The molecule has 0 aliphatic heterocycles. The number of carbonyl (C=O) groups excluding carboxylic acids is 1. The Balaban J connectivity index is 1.98. The fourth-order valence-corrected chi connectivity index (χ4v) is 2.84. The molecule has 2 rings (SSSR count). The molecule has 1 aromatic carbocycles. The maximum absolute atomic E-state index is 12.2. The summed E-state index contributed by atoms with van der Waals surface area (Å²) in [5.41, 5.74) is 2.27. The zero-order valence-electron chi connectivity index (χ0n) is 14.6. The van der Waals surface area contributed by atoms with Gasteiger partial charge in [0.05, 0.1) is 5.69 Å². The van der Waals surface area contributed by atoms with Crippen LogP contribution in [0.1, 0.15) is 43.8 Å². The number of amides is 1. The lowest BCUT2D eigenvalue weighted by atomic mass is 9.87. The van der Waals surface area contributed by atoms with E-state index < -0.39 is 6.10 Å². The van der Waals surface area contributed by atoms with Gasteiger partial charge in [-0.05, 0) is 43.9 Å². The van der Waals surface area contributed by atoms with Crippen molar-refractivity contribution in [1.29, 1.82) is 0 Å². The average Bonchev–Trinajstić information content (AvgIpc) is 2.76. The molecule has 5 heteroatoms. The maximum atomic E-state index is 12.2. The number of nitrogens with zero attached hydrogens (tertiary/aromatic N) is 1. The minimum absolute atomic E-state index is 0.0993. The van der Waals surface area contributed by atoms with Gasteiger partial charge in [0.2, 0.25) is 0 Å². The third-order valence-corrected chi connectivity index (χ3v) is 4.65. The monoisotopic (exact) mass is 332 g/mol. The quantitative estimate of drug-likeness (QED) is 0.899. The van der Waals surface area contributed by atoms with E-state index in [1.807, 2.05) is 38.1 Å². The SMILES string of the molecule is Cc1nc(NC(=O)C(C)Oc2ccc(C(C)(C)C)cc2)sc1C. The van der Waals surface area contributed by atoms with Crippen LogP contribution in [0, 0.1) is 13.8 Å². The molecule has 0 fully saturated rings. The minimum atomic E-state index is -0.583. The summed E-state index contributed by atoms with van der Waals surface area (Å²) in [6, 6.07) is 7.88. The molecule has 23 heavy (non-hydrogen) atoms. The van der Waals surface area contributed by atoms with E-state index in [4.69, 9.17) is 4.74 Å². The lowest BCUT2D eigenvalue weighted by Crippen LogP contribution is -2.30. The minimum Gasteiger partial charge on any atom is -0.481 e. The van der Waals surface area contributed by atoms with Crippen LogP contribution in [0.5, 0.6) is 5.75 Å². The second kappa shape index (κ2) is 6.71. The first kappa shape index (κ1) is 17.5. The van der Waals surface area contributed by atoms with Crippen LogP contribution in [-0.4, -0.2) is 17.0 Å². The van der Waals surface area contributed by atoms with Crippen LogP contribution >= 0.6 is 11.3 Å². The van der Waals surface area contributed by atoms with E-state index in [0.29, 0.717) is 10.9 Å². The normalized spacial score (nSPS) is 12.8. The number of benzene rings is 1. The number of hydrogen-bond donors (Lipinski definition) is 1. The summed E-state index contributed by atoms with van der Waals surface area (Å²) in [5, 5.41) is 3.42. The molecule has 0 aliphatic rings. The van der Waals surface area contributed by atoms with Gasteiger partial charge in [-0.15, -0.1) is 11.3 Å². The Hall–Kier alpha value is -1.88. The van der Waals surface area contributed by atoms with Crippen LogP contribution in [-0.2, 0) is 10.2 Å². The molecule has 0 radical (unpaired) electrons. The predicted octanol–water partition coefficient (Wildman–Crippen LogP) is 4.46. The standard InChI is InChI=1S/C18H24N2O2S/c1-11-13(3)23-17(19-11)20-16(21)12(2)22-15-9-7-14(8-10-15)18(4,5)6/h7-10,12H,1-6H3,(H,19,20,21). The van der Waals surface area contributed by atoms with Crippen LogP contribution in [0.4, 0.5) is 5.13 Å². The topological polar surface area (TPSA) is 51.2 Å². The number of aromatic nitrogens is 1. The molecule has 1 amide bonds. The summed E-state index contributed by atoms with van der Waals surface area (Å²) in [7, 11) is 0. The van der Waals surface area contributed by atoms with Gasteiger partial charge in [0.15, 0.2) is 11.2 Å². The second-order valence-corrected chi connectivity index (χ2v) is 7.89. The number of ether oxygens (including phenoxy) is 1. The highest BCUT2D eigenvalue weighted by molar-refractivity contribution is 7.15. The van der Waals surface area contributed by atoms with Gasteiger partial charge in [-0.25, -0.2) is 4.98 Å². The largest absolute Gasteiger partial charge is 0.481 e. The molecule has 0 saturated heterocycles. The van der Waals surface area contributed by atoms with Gasteiger partial charge in [-0.3, -0.25) is 10.1 Å².